The van der Waals surface area contributed by atoms with Gasteiger partial charge in [-0.1, -0.05) is 12.1 Å². The summed E-state index contributed by atoms with van der Waals surface area (Å²) in [5, 5.41) is 12.3. The number of nitrogens with one attached hydrogen (secondary N) is 1. The number of carbonyl (C=O) groups excluding carboxylic acids is 2. The molecule has 2 N–H and O–H groups in total. The minimum absolute atomic E-state index is 0.0804. The van der Waals surface area contributed by atoms with Crippen molar-refractivity contribution in [1.29, 1.82) is 0 Å². The molecule has 21 heavy (non-hydrogen) atoms. The lowest BCUT2D eigenvalue weighted by Gasteiger charge is -2.13. The van der Waals surface area contributed by atoms with E-state index in [1.54, 1.807) is 44.1 Å². The van der Waals surface area contributed by atoms with Gasteiger partial charge in [-0.3, -0.25) is 9.59 Å². The van der Waals surface area contributed by atoms with Crippen molar-refractivity contribution < 1.29 is 14.7 Å². The highest BCUT2D eigenvalue weighted by Crippen LogP contribution is 2.08. The Bertz CT molecular complexity index is 492. The molecule has 1 aromatic rings. The summed E-state index contributed by atoms with van der Waals surface area (Å²) < 4.78 is 0. The Morgan fingerprint density at radius 3 is 2.71 bits per heavy atom. The summed E-state index contributed by atoms with van der Waals surface area (Å²) in [5.41, 5.74) is 1.41. The van der Waals surface area contributed by atoms with Crippen LogP contribution in [0.3, 0.4) is 0 Å². The molecule has 0 saturated carbocycles. The van der Waals surface area contributed by atoms with Gasteiger partial charge in [-0.15, -0.1) is 0 Å². The van der Waals surface area contributed by atoms with Crippen LogP contribution >= 0.6 is 11.8 Å². The number of amides is 2. The number of hydrogen-bond acceptors (Lipinski definition) is 4. The average molecular weight is 310 g/mol. The summed E-state index contributed by atoms with van der Waals surface area (Å²) >= 11 is 1.59. The summed E-state index contributed by atoms with van der Waals surface area (Å²) in [7, 11) is 3.39. The highest BCUT2D eigenvalue weighted by atomic mass is 32.2. The van der Waals surface area contributed by atoms with Crippen LogP contribution in [0.15, 0.2) is 24.3 Å². The molecule has 6 heteroatoms. The lowest BCUT2D eigenvalue weighted by molar-refractivity contribution is -0.129. The fraction of sp³-hybridized carbons (Fsp3) is 0.467. The molecule has 0 bridgehead atoms. The molecule has 1 atom stereocenters. The molecule has 1 rings (SSSR count). The van der Waals surface area contributed by atoms with Crippen LogP contribution < -0.4 is 5.32 Å². The summed E-state index contributed by atoms with van der Waals surface area (Å²) in [6.07, 6.45) is 1.38. The van der Waals surface area contributed by atoms with Gasteiger partial charge in [0, 0.05) is 26.2 Å². The van der Waals surface area contributed by atoms with E-state index in [9.17, 15) is 14.7 Å². The summed E-state index contributed by atoms with van der Waals surface area (Å²) in [6.45, 7) is 0.295. The molecular weight excluding hydrogens is 288 g/mol. The molecule has 0 unspecified atom stereocenters. The normalized spacial score (nSPS) is 11.8. The first-order chi connectivity index (χ1) is 9.95. The standard InChI is InChI=1S/C15H22N2O3S/c1-17(2)15(20)12-6-4-5-11(9-12)10-16-14(19)13(18)7-8-21-3/h4-6,9,13,18H,7-8,10H2,1-3H3,(H,16,19)/t13-/m0/s1. The van der Waals surface area contributed by atoms with Crippen LogP contribution in [0.2, 0.25) is 0 Å². The Kier molecular flexibility index (Phi) is 7.25. The first-order valence-electron chi connectivity index (χ1n) is 6.71. The lowest BCUT2D eigenvalue weighted by Crippen LogP contribution is -2.34. The molecule has 0 radical (unpaired) electrons. The third kappa shape index (κ3) is 5.77. The van der Waals surface area contributed by atoms with Crippen molar-refractivity contribution in [2.45, 2.75) is 19.1 Å². The molecule has 0 aliphatic heterocycles. The first-order valence-corrected chi connectivity index (χ1v) is 8.10. The summed E-state index contributed by atoms with van der Waals surface area (Å²) in [6, 6.07) is 7.10. The zero-order valence-corrected chi connectivity index (χ0v) is 13.4. The van der Waals surface area contributed by atoms with Gasteiger partial charge in [0.2, 0.25) is 5.91 Å². The fourth-order valence-corrected chi connectivity index (χ4v) is 2.20. The Labute approximate surface area is 129 Å². The SMILES string of the molecule is CSCC[C@H](O)C(=O)NCc1cccc(C(=O)N(C)C)c1. The van der Waals surface area contributed by atoms with Gasteiger partial charge in [0.15, 0.2) is 0 Å². The van der Waals surface area contributed by atoms with E-state index in [4.69, 9.17) is 0 Å². The van der Waals surface area contributed by atoms with Crippen molar-refractivity contribution in [3.63, 3.8) is 0 Å². The number of aliphatic hydroxyl groups excluding tert-OH is 1. The van der Waals surface area contributed by atoms with Crippen molar-refractivity contribution in [2.75, 3.05) is 26.1 Å². The van der Waals surface area contributed by atoms with Gasteiger partial charge in [0.25, 0.3) is 5.91 Å². The third-order valence-corrected chi connectivity index (χ3v) is 3.59. The van der Waals surface area contributed by atoms with Gasteiger partial charge < -0.3 is 15.3 Å². The summed E-state index contributed by atoms with van der Waals surface area (Å²) in [4.78, 5) is 25.1. The molecule has 0 spiro atoms. The van der Waals surface area contributed by atoms with Gasteiger partial charge in [0.1, 0.15) is 6.10 Å². The topological polar surface area (TPSA) is 69.6 Å². The van der Waals surface area contributed by atoms with Crippen molar-refractivity contribution in [3.05, 3.63) is 35.4 Å². The largest absolute Gasteiger partial charge is 0.383 e. The van der Waals surface area contributed by atoms with Crippen molar-refractivity contribution in [2.24, 2.45) is 0 Å². The van der Waals surface area contributed by atoms with Crippen molar-refractivity contribution >= 4 is 23.6 Å². The molecule has 0 aliphatic rings. The molecule has 0 heterocycles. The number of aliphatic hydroxyl groups is 1. The zero-order chi connectivity index (χ0) is 15.8. The molecule has 116 valence electrons. The summed E-state index contributed by atoms with van der Waals surface area (Å²) in [5.74, 6) is 0.276. The van der Waals surface area contributed by atoms with Crippen LogP contribution in [0.4, 0.5) is 0 Å². The number of benzene rings is 1. The smallest absolute Gasteiger partial charge is 0.253 e. The zero-order valence-electron chi connectivity index (χ0n) is 12.6. The van der Waals surface area contributed by atoms with Crippen LogP contribution in [-0.2, 0) is 11.3 Å². The van der Waals surface area contributed by atoms with Gasteiger partial charge in [-0.2, -0.15) is 11.8 Å². The number of rotatable bonds is 7. The van der Waals surface area contributed by atoms with E-state index in [-0.39, 0.29) is 11.8 Å². The molecule has 0 saturated heterocycles. The van der Waals surface area contributed by atoms with Gasteiger partial charge in [-0.05, 0) is 36.1 Å². The quantitative estimate of drug-likeness (QED) is 0.792. The van der Waals surface area contributed by atoms with E-state index in [0.29, 0.717) is 18.5 Å². The maximum absolute atomic E-state index is 11.9. The molecule has 0 aromatic heterocycles. The highest BCUT2D eigenvalue weighted by Gasteiger charge is 2.14. The van der Waals surface area contributed by atoms with Crippen LogP contribution in [0.1, 0.15) is 22.3 Å². The Hall–Kier alpha value is -1.53. The fourth-order valence-electron chi connectivity index (χ4n) is 1.74. The van der Waals surface area contributed by atoms with E-state index in [1.807, 2.05) is 12.3 Å². The maximum atomic E-state index is 11.9. The first kappa shape index (κ1) is 17.5. The van der Waals surface area contributed by atoms with Crippen molar-refractivity contribution in [3.8, 4) is 0 Å². The van der Waals surface area contributed by atoms with Crippen LogP contribution in [0.5, 0.6) is 0 Å². The minimum atomic E-state index is -0.982. The van der Waals surface area contributed by atoms with Crippen molar-refractivity contribution in [1.82, 2.24) is 10.2 Å². The second-order valence-corrected chi connectivity index (χ2v) is 5.90. The van der Waals surface area contributed by atoms with Crippen LogP contribution in [-0.4, -0.2) is 54.0 Å². The van der Waals surface area contributed by atoms with Gasteiger partial charge in [-0.25, -0.2) is 0 Å². The molecule has 1 aromatic carbocycles. The Morgan fingerprint density at radius 1 is 1.38 bits per heavy atom. The average Bonchev–Trinajstić information content (AvgIpc) is 2.49. The minimum Gasteiger partial charge on any atom is -0.383 e. The van der Waals surface area contributed by atoms with E-state index < -0.39 is 6.10 Å². The second-order valence-electron chi connectivity index (χ2n) is 4.92. The number of thioether (sulfide) groups is 1. The number of nitrogens with zero attached hydrogens (tertiary/aromatic N) is 1. The predicted octanol–water partition coefficient (Wildman–Crippen LogP) is 1.12. The molecule has 0 fully saturated rings. The number of carbonyl (C=O) groups is 2. The lowest BCUT2D eigenvalue weighted by atomic mass is 10.1. The van der Waals surface area contributed by atoms with E-state index in [2.05, 4.69) is 5.32 Å². The van der Waals surface area contributed by atoms with Crippen LogP contribution in [0.25, 0.3) is 0 Å². The Morgan fingerprint density at radius 2 is 2.10 bits per heavy atom. The third-order valence-electron chi connectivity index (χ3n) is 2.94. The van der Waals surface area contributed by atoms with E-state index in [1.165, 1.54) is 4.90 Å². The monoisotopic (exact) mass is 310 g/mol. The van der Waals surface area contributed by atoms with E-state index in [0.717, 1.165) is 11.3 Å². The molecule has 2 amide bonds. The predicted molar refractivity (Wildman–Crippen MR) is 85.3 cm³/mol. The second kappa shape index (κ2) is 8.69. The maximum Gasteiger partial charge on any atom is 0.253 e. The molecular formula is C15H22N2O3S. The van der Waals surface area contributed by atoms with Gasteiger partial charge in [0.05, 0.1) is 0 Å². The van der Waals surface area contributed by atoms with Crippen LogP contribution in [0, 0.1) is 0 Å². The highest BCUT2D eigenvalue weighted by molar-refractivity contribution is 7.98. The number of hydrogen-bond donors (Lipinski definition) is 2. The van der Waals surface area contributed by atoms with E-state index >= 15 is 0 Å². The molecule has 5 nitrogen and oxygen atoms in total. The van der Waals surface area contributed by atoms with Gasteiger partial charge >= 0.3 is 0 Å². The molecule has 0 aliphatic carbocycles. The Balaban J connectivity index is 2.58.